The molecule has 2 aliphatic rings. The molecule has 8 heteroatoms. The molecule has 2 aromatic rings. The highest BCUT2D eigenvalue weighted by Gasteiger charge is 2.30. The van der Waals surface area contributed by atoms with Gasteiger partial charge in [0.1, 0.15) is 0 Å². The molecule has 0 saturated carbocycles. The Morgan fingerprint density at radius 3 is 2.40 bits per heavy atom. The zero-order chi connectivity index (χ0) is 21.1. The summed E-state index contributed by atoms with van der Waals surface area (Å²) < 4.78 is 27.0. The van der Waals surface area contributed by atoms with Crippen molar-refractivity contribution in [3.8, 4) is 0 Å². The molecule has 4 rings (SSSR count). The molecule has 0 aromatic heterocycles. The van der Waals surface area contributed by atoms with E-state index in [1.54, 1.807) is 17.0 Å². The number of hydrogen-bond acceptors (Lipinski definition) is 4. The van der Waals surface area contributed by atoms with Gasteiger partial charge in [0.05, 0.1) is 11.4 Å². The lowest BCUT2D eigenvalue weighted by Crippen LogP contribution is -2.49. The molecule has 0 aliphatic carbocycles. The molecule has 2 fully saturated rings. The van der Waals surface area contributed by atoms with Gasteiger partial charge in [-0.3, -0.25) is 9.59 Å². The molecule has 2 saturated heterocycles. The van der Waals surface area contributed by atoms with Gasteiger partial charge in [0.2, 0.25) is 15.9 Å². The van der Waals surface area contributed by atoms with E-state index in [0.717, 1.165) is 17.1 Å². The van der Waals surface area contributed by atoms with E-state index in [4.69, 9.17) is 0 Å². The van der Waals surface area contributed by atoms with E-state index < -0.39 is 10.0 Å². The Balaban J connectivity index is 1.46. The number of nitrogens with zero attached hydrogens (tertiary/aromatic N) is 2. The summed E-state index contributed by atoms with van der Waals surface area (Å²) in [6.07, 6.45) is 1.77. The number of amides is 2. The molecule has 2 aliphatic heterocycles. The lowest BCUT2D eigenvalue weighted by Gasteiger charge is -2.32. The third kappa shape index (κ3) is 4.24. The minimum absolute atomic E-state index is 0.0437. The maximum atomic E-state index is 13.0. The number of hydrogen-bond donors (Lipinski definition) is 1. The molecule has 2 heterocycles. The van der Waals surface area contributed by atoms with E-state index in [1.807, 2.05) is 18.2 Å². The van der Waals surface area contributed by atoms with Crippen LogP contribution in [0.3, 0.4) is 0 Å². The largest absolute Gasteiger partial charge is 0.354 e. The fourth-order valence-electron chi connectivity index (χ4n) is 4.08. The van der Waals surface area contributed by atoms with E-state index in [1.165, 1.54) is 17.7 Å². The third-order valence-electron chi connectivity index (χ3n) is 5.78. The van der Waals surface area contributed by atoms with Gasteiger partial charge in [-0.2, -0.15) is 4.31 Å². The fraction of sp³-hybridized carbons (Fsp3) is 0.364. The molecular formula is C22H25N3O4S. The molecule has 0 spiro atoms. The van der Waals surface area contributed by atoms with Crippen molar-refractivity contribution in [3.63, 3.8) is 0 Å². The second kappa shape index (κ2) is 8.57. The van der Waals surface area contributed by atoms with Gasteiger partial charge >= 0.3 is 0 Å². The quantitative estimate of drug-likeness (QED) is 0.807. The van der Waals surface area contributed by atoms with Crippen molar-refractivity contribution in [1.29, 1.82) is 0 Å². The molecule has 7 nitrogen and oxygen atoms in total. The van der Waals surface area contributed by atoms with Gasteiger partial charge in [0.25, 0.3) is 5.91 Å². The van der Waals surface area contributed by atoms with E-state index in [2.05, 4.69) is 17.4 Å². The van der Waals surface area contributed by atoms with Crippen LogP contribution in [0.2, 0.25) is 0 Å². The molecule has 2 amide bonds. The Morgan fingerprint density at radius 1 is 0.967 bits per heavy atom. The van der Waals surface area contributed by atoms with Crippen LogP contribution in [0.5, 0.6) is 0 Å². The van der Waals surface area contributed by atoms with Crippen molar-refractivity contribution in [2.24, 2.45) is 0 Å². The standard InChI is InChI=1S/C22H25N3O4S/c26-21-16-25(14-11-23-21)30(28,29)20-8-4-7-19(15-20)22(27)24-12-9-18(10-13-24)17-5-2-1-3-6-17/h1-8,15,18H,9-14,16H2,(H,23,26). The molecule has 0 radical (unpaired) electrons. The van der Waals surface area contributed by atoms with Crippen molar-refractivity contribution in [1.82, 2.24) is 14.5 Å². The number of nitrogens with one attached hydrogen (secondary N) is 1. The van der Waals surface area contributed by atoms with Gasteiger partial charge in [0.15, 0.2) is 0 Å². The van der Waals surface area contributed by atoms with Crippen LogP contribution in [-0.2, 0) is 14.8 Å². The van der Waals surface area contributed by atoms with Gasteiger partial charge in [-0.15, -0.1) is 0 Å². The summed E-state index contributed by atoms with van der Waals surface area (Å²) in [4.78, 5) is 26.4. The zero-order valence-corrected chi connectivity index (χ0v) is 17.5. The zero-order valence-electron chi connectivity index (χ0n) is 16.7. The molecule has 30 heavy (non-hydrogen) atoms. The topological polar surface area (TPSA) is 86.8 Å². The van der Waals surface area contributed by atoms with Crippen LogP contribution in [-0.4, -0.2) is 62.2 Å². The van der Waals surface area contributed by atoms with Crippen LogP contribution in [0, 0.1) is 0 Å². The van der Waals surface area contributed by atoms with Gasteiger partial charge in [-0.25, -0.2) is 8.42 Å². The van der Waals surface area contributed by atoms with E-state index in [0.29, 0.717) is 24.6 Å². The van der Waals surface area contributed by atoms with Crippen molar-refractivity contribution in [2.45, 2.75) is 23.7 Å². The first kappa shape index (κ1) is 20.6. The van der Waals surface area contributed by atoms with E-state index >= 15 is 0 Å². The molecule has 158 valence electrons. The van der Waals surface area contributed by atoms with Crippen LogP contribution >= 0.6 is 0 Å². The minimum Gasteiger partial charge on any atom is -0.354 e. The minimum atomic E-state index is -3.82. The van der Waals surface area contributed by atoms with Crippen LogP contribution in [0.25, 0.3) is 0 Å². The molecule has 2 aromatic carbocycles. The normalized spacial score (nSPS) is 18.8. The maximum absolute atomic E-state index is 13.0. The summed E-state index contributed by atoms with van der Waals surface area (Å²) in [5, 5.41) is 2.62. The summed E-state index contributed by atoms with van der Waals surface area (Å²) in [6, 6.07) is 16.4. The average Bonchev–Trinajstić information content (AvgIpc) is 2.79. The van der Waals surface area contributed by atoms with Crippen molar-refractivity contribution in [2.75, 3.05) is 32.7 Å². The number of carbonyl (C=O) groups excluding carboxylic acids is 2. The Bertz CT molecular complexity index is 1030. The van der Waals surface area contributed by atoms with E-state index in [9.17, 15) is 18.0 Å². The predicted octanol–water partition coefficient (Wildman–Crippen LogP) is 1.83. The number of benzene rings is 2. The summed E-state index contributed by atoms with van der Waals surface area (Å²) in [6.45, 7) is 1.59. The van der Waals surface area contributed by atoms with Gasteiger partial charge in [-0.1, -0.05) is 36.4 Å². The van der Waals surface area contributed by atoms with Crippen LogP contribution in [0.4, 0.5) is 0 Å². The number of rotatable bonds is 4. The Hall–Kier alpha value is -2.71. The summed E-state index contributed by atoms with van der Waals surface area (Å²) in [5.74, 6) is -0.0412. The first-order valence-electron chi connectivity index (χ1n) is 10.2. The molecule has 0 bridgehead atoms. The molecule has 0 unspecified atom stereocenters. The van der Waals surface area contributed by atoms with Crippen molar-refractivity contribution < 1.29 is 18.0 Å². The van der Waals surface area contributed by atoms with Gasteiger partial charge in [0, 0.05) is 31.7 Å². The first-order valence-corrected chi connectivity index (χ1v) is 11.6. The molecular weight excluding hydrogens is 402 g/mol. The fourth-order valence-corrected chi connectivity index (χ4v) is 5.53. The summed E-state index contributed by atoms with van der Waals surface area (Å²) in [7, 11) is -3.82. The van der Waals surface area contributed by atoms with Crippen LogP contribution < -0.4 is 5.32 Å². The van der Waals surface area contributed by atoms with Crippen molar-refractivity contribution in [3.05, 3.63) is 65.7 Å². The predicted molar refractivity (Wildman–Crippen MR) is 113 cm³/mol. The maximum Gasteiger partial charge on any atom is 0.253 e. The Labute approximate surface area is 176 Å². The second-order valence-electron chi connectivity index (χ2n) is 7.69. The SMILES string of the molecule is O=C1CN(S(=O)(=O)c2cccc(C(=O)N3CCC(c4ccccc4)CC3)c2)CCN1. The lowest BCUT2D eigenvalue weighted by molar-refractivity contribution is -0.122. The Morgan fingerprint density at radius 2 is 1.70 bits per heavy atom. The first-order chi connectivity index (χ1) is 14.4. The highest BCUT2D eigenvalue weighted by molar-refractivity contribution is 7.89. The highest BCUT2D eigenvalue weighted by atomic mass is 32.2. The molecule has 1 N–H and O–H groups in total. The number of piperazine rings is 1. The van der Waals surface area contributed by atoms with Gasteiger partial charge in [-0.05, 0) is 42.5 Å². The lowest BCUT2D eigenvalue weighted by atomic mass is 9.89. The number of piperidine rings is 1. The Kier molecular flexibility index (Phi) is 5.87. The van der Waals surface area contributed by atoms with E-state index in [-0.39, 0.29) is 36.3 Å². The smallest absolute Gasteiger partial charge is 0.253 e. The monoisotopic (exact) mass is 427 g/mol. The van der Waals surface area contributed by atoms with Crippen molar-refractivity contribution >= 4 is 21.8 Å². The average molecular weight is 428 g/mol. The summed E-state index contributed by atoms with van der Waals surface area (Å²) >= 11 is 0. The van der Waals surface area contributed by atoms with Crippen LogP contribution in [0.1, 0.15) is 34.7 Å². The highest BCUT2D eigenvalue weighted by Crippen LogP contribution is 2.28. The molecule has 0 atom stereocenters. The van der Waals surface area contributed by atoms with Gasteiger partial charge < -0.3 is 10.2 Å². The second-order valence-corrected chi connectivity index (χ2v) is 9.63. The van der Waals surface area contributed by atoms with Crippen LogP contribution in [0.15, 0.2) is 59.5 Å². The number of carbonyl (C=O) groups is 2. The number of likely N-dealkylation sites (tertiary alicyclic amines) is 1. The number of sulfonamides is 1. The third-order valence-corrected chi connectivity index (χ3v) is 7.62. The summed E-state index contributed by atoms with van der Waals surface area (Å²) in [5.41, 5.74) is 1.65.